The van der Waals surface area contributed by atoms with Gasteiger partial charge in [0, 0.05) is 17.7 Å². The topological polar surface area (TPSA) is 84.6 Å². The van der Waals surface area contributed by atoms with Crippen molar-refractivity contribution >= 4 is 17.8 Å². The van der Waals surface area contributed by atoms with Crippen molar-refractivity contribution in [3.05, 3.63) is 39.9 Å². The Hall–Kier alpha value is -2.24. The monoisotopic (exact) mass is 355 g/mol. The molecule has 1 aromatic carbocycles. The number of nitrogens with one attached hydrogen (secondary N) is 1. The van der Waals surface area contributed by atoms with Crippen LogP contribution in [0.25, 0.3) is 0 Å². The molecule has 0 radical (unpaired) electrons. The molecule has 1 amide bonds. The molecule has 4 aliphatic rings. The number of hydrazone groups is 1. The molecule has 0 aromatic heterocycles. The molecule has 0 aliphatic heterocycles. The highest BCUT2D eigenvalue weighted by Gasteiger charge is 2.62. The molecule has 4 bridgehead atoms. The van der Waals surface area contributed by atoms with Gasteiger partial charge in [-0.2, -0.15) is 5.10 Å². The van der Waals surface area contributed by atoms with Gasteiger partial charge < -0.3 is 0 Å². The zero-order valence-corrected chi connectivity index (χ0v) is 15.3. The predicted octanol–water partition coefficient (Wildman–Crippen LogP) is 4.04. The highest BCUT2D eigenvalue weighted by Crippen LogP contribution is 2.69. The molecule has 0 heterocycles. The van der Waals surface area contributed by atoms with Gasteiger partial charge >= 0.3 is 0 Å². The second kappa shape index (κ2) is 5.63. The van der Waals surface area contributed by atoms with E-state index in [2.05, 4.69) is 24.4 Å². The Kier molecular flexibility index (Phi) is 3.72. The first-order valence-corrected chi connectivity index (χ1v) is 9.29. The number of benzene rings is 1. The number of amides is 1. The van der Waals surface area contributed by atoms with E-state index >= 15 is 0 Å². The van der Waals surface area contributed by atoms with Crippen LogP contribution in [0.5, 0.6) is 0 Å². The first-order valence-electron chi connectivity index (χ1n) is 9.29. The molecule has 4 aliphatic carbocycles. The molecule has 0 spiro atoms. The van der Waals surface area contributed by atoms with Crippen molar-refractivity contribution in [3.63, 3.8) is 0 Å². The summed E-state index contributed by atoms with van der Waals surface area (Å²) in [5, 5.41) is 14.9. The number of carbonyl (C=O) groups is 1. The van der Waals surface area contributed by atoms with Crippen molar-refractivity contribution in [2.24, 2.45) is 27.3 Å². The molecular formula is C20H25N3O3. The first kappa shape index (κ1) is 17.2. The summed E-state index contributed by atoms with van der Waals surface area (Å²) in [4.78, 5) is 23.4. The van der Waals surface area contributed by atoms with E-state index in [1.807, 2.05) is 0 Å². The van der Waals surface area contributed by atoms with Crippen LogP contribution in [0.15, 0.2) is 29.4 Å². The van der Waals surface area contributed by atoms with Gasteiger partial charge in [-0.1, -0.05) is 26.0 Å². The number of non-ortho nitro benzene ring substituents is 1. The number of hydrogen-bond donors (Lipinski definition) is 1. The second-order valence-electron chi connectivity index (χ2n) is 9.46. The van der Waals surface area contributed by atoms with Crippen LogP contribution >= 0.6 is 0 Å². The van der Waals surface area contributed by atoms with Gasteiger partial charge in [0.05, 0.1) is 16.6 Å². The zero-order chi connectivity index (χ0) is 18.6. The Morgan fingerprint density at radius 3 is 2.54 bits per heavy atom. The predicted molar refractivity (Wildman–Crippen MR) is 98.7 cm³/mol. The Morgan fingerprint density at radius 2 is 1.92 bits per heavy atom. The maximum absolute atomic E-state index is 13.0. The number of nitro groups is 1. The first-order chi connectivity index (χ1) is 12.2. The number of nitrogens with zero attached hydrogens (tertiary/aromatic N) is 2. The van der Waals surface area contributed by atoms with Crippen LogP contribution in [0.1, 0.15) is 57.9 Å². The molecule has 4 fully saturated rings. The lowest BCUT2D eigenvalue weighted by Gasteiger charge is -2.64. The third-order valence-electron chi connectivity index (χ3n) is 6.57. The molecule has 1 aromatic rings. The summed E-state index contributed by atoms with van der Waals surface area (Å²) in [7, 11) is 0. The molecule has 6 nitrogen and oxygen atoms in total. The molecule has 5 rings (SSSR count). The third kappa shape index (κ3) is 2.91. The molecule has 2 unspecified atom stereocenters. The van der Waals surface area contributed by atoms with Crippen molar-refractivity contribution in [2.45, 2.75) is 52.4 Å². The number of carbonyl (C=O) groups excluding carboxylic acids is 1. The van der Waals surface area contributed by atoms with E-state index in [1.165, 1.54) is 37.6 Å². The summed E-state index contributed by atoms with van der Waals surface area (Å²) in [5.74, 6) is 0.661. The smallest absolute Gasteiger partial charge is 0.270 e. The summed E-state index contributed by atoms with van der Waals surface area (Å²) >= 11 is 0. The van der Waals surface area contributed by atoms with E-state index in [0.717, 1.165) is 19.3 Å². The van der Waals surface area contributed by atoms with Crippen LogP contribution in [-0.2, 0) is 4.79 Å². The molecule has 0 saturated heterocycles. The lowest BCUT2D eigenvalue weighted by molar-refractivity contribution is -0.384. The number of rotatable bonds is 4. The Balaban J connectivity index is 1.49. The Labute approximate surface area is 153 Å². The van der Waals surface area contributed by atoms with E-state index < -0.39 is 4.92 Å². The van der Waals surface area contributed by atoms with E-state index in [9.17, 15) is 14.9 Å². The number of hydrogen-bond acceptors (Lipinski definition) is 4. The van der Waals surface area contributed by atoms with Gasteiger partial charge in [-0.15, -0.1) is 0 Å². The average molecular weight is 355 g/mol. The van der Waals surface area contributed by atoms with Crippen LogP contribution in [0, 0.1) is 32.3 Å². The van der Waals surface area contributed by atoms with Crippen LogP contribution in [0.2, 0.25) is 0 Å². The van der Waals surface area contributed by atoms with Crippen molar-refractivity contribution in [1.29, 1.82) is 0 Å². The van der Waals surface area contributed by atoms with Crippen molar-refractivity contribution in [3.8, 4) is 0 Å². The largest absolute Gasteiger partial charge is 0.273 e. The van der Waals surface area contributed by atoms with E-state index in [0.29, 0.717) is 11.5 Å². The molecule has 1 N–H and O–H groups in total. The molecule has 138 valence electrons. The van der Waals surface area contributed by atoms with Gasteiger partial charge in [0.25, 0.3) is 5.69 Å². The minimum absolute atomic E-state index is 0.0146. The van der Waals surface area contributed by atoms with Gasteiger partial charge in [0.15, 0.2) is 0 Å². The fourth-order valence-corrected chi connectivity index (χ4v) is 6.70. The minimum Gasteiger partial charge on any atom is -0.273 e. The Bertz CT molecular complexity index is 785. The quantitative estimate of drug-likeness (QED) is 0.502. The summed E-state index contributed by atoms with van der Waals surface area (Å²) in [6.45, 7) is 4.67. The van der Waals surface area contributed by atoms with Crippen LogP contribution < -0.4 is 5.43 Å². The summed E-state index contributed by atoms with van der Waals surface area (Å²) in [5.41, 5.74) is 3.59. The fourth-order valence-electron chi connectivity index (χ4n) is 6.70. The van der Waals surface area contributed by atoms with Gasteiger partial charge in [-0.05, 0) is 55.3 Å². The van der Waals surface area contributed by atoms with Crippen molar-refractivity contribution in [2.75, 3.05) is 0 Å². The van der Waals surface area contributed by atoms with Gasteiger partial charge in [0.2, 0.25) is 5.91 Å². The minimum atomic E-state index is -0.438. The summed E-state index contributed by atoms with van der Waals surface area (Å²) in [6, 6.07) is 6.23. The molecule has 2 atom stereocenters. The SMILES string of the molecule is CC12CC3CC(C)(C1)CC(C(=O)NN=Cc1cccc([N+](=O)[O-])c1)(C3)C2. The standard InChI is InChI=1S/C20H25N3O3/c1-18-7-15-8-19(2,11-18)13-20(9-15,12-18)17(24)22-21-10-14-4-3-5-16(6-14)23(25)26/h3-6,10,15H,7-9,11-13H2,1-2H3,(H,22,24). The van der Waals surface area contributed by atoms with E-state index in [1.54, 1.807) is 12.1 Å². The maximum atomic E-state index is 13.0. The molecular weight excluding hydrogens is 330 g/mol. The van der Waals surface area contributed by atoms with Crippen LogP contribution in [0.3, 0.4) is 0 Å². The Morgan fingerprint density at radius 1 is 1.23 bits per heavy atom. The molecule has 4 saturated carbocycles. The van der Waals surface area contributed by atoms with Crippen LogP contribution in [0.4, 0.5) is 5.69 Å². The lowest BCUT2D eigenvalue weighted by atomic mass is 9.40. The highest BCUT2D eigenvalue weighted by atomic mass is 16.6. The lowest BCUT2D eigenvalue weighted by Crippen LogP contribution is -2.59. The van der Waals surface area contributed by atoms with E-state index in [4.69, 9.17) is 0 Å². The van der Waals surface area contributed by atoms with Crippen LogP contribution in [-0.4, -0.2) is 17.0 Å². The summed E-state index contributed by atoms with van der Waals surface area (Å²) in [6.07, 6.45) is 8.06. The molecule has 26 heavy (non-hydrogen) atoms. The summed E-state index contributed by atoms with van der Waals surface area (Å²) < 4.78 is 0. The highest BCUT2D eigenvalue weighted by molar-refractivity contribution is 5.86. The maximum Gasteiger partial charge on any atom is 0.270 e. The normalized spacial score (nSPS) is 37.8. The van der Waals surface area contributed by atoms with Crippen molar-refractivity contribution < 1.29 is 9.72 Å². The van der Waals surface area contributed by atoms with Gasteiger partial charge in [-0.25, -0.2) is 5.43 Å². The number of nitro benzene ring substituents is 1. The average Bonchev–Trinajstić information content (AvgIpc) is 2.51. The third-order valence-corrected chi connectivity index (χ3v) is 6.57. The van der Waals surface area contributed by atoms with Gasteiger partial charge in [0.1, 0.15) is 0 Å². The van der Waals surface area contributed by atoms with E-state index in [-0.39, 0.29) is 27.8 Å². The second-order valence-corrected chi connectivity index (χ2v) is 9.46. The van der Waals surface area contributed by atoms with Gasteiger partial charge in [-0.3, -0.25) is 14.9 Å². The zero-order valence-electron chi connectivity index (χ0n) is 15.3. The van der Waals surface area contributed by atoms with Crippen molar-refractivity contribution in [1.82, 2.24) is 5.43 Å². The fraction of sp³-hybridized carbons (Fsp3) is 0.600. The molecule has 6 heteroatoms.